The first kappa shape index (κ1) is 12.4. The van der Waals surface area contributed by atoms with Gasteiger partial charge in [-0.1, -0.05) is 0 Å². The summed E-state index contributed by atoms with van der Waals surface area (Å²) in [5.74, 6) is -2.41. The summed E-state index contributed by atoms with van der Waals surface area (Å²) in [4.78, 5) is 0. The molecule has 0 aromatic heterocycles. The molecule has 0 bridgehead atoms. The van der Waals surface area contributed by atoms with E-state index in [0.29, 0.717) is 0 Å². The molecule has 2 nitrogen and oxygen atoms in total. The third-order valence-electron chi connectivity index (χ3n) is 1.98. The quantitative estimate of drug-likeness (QED) is 0.844. The van der Waals surface area contributed by atoms with E-state index in [9.17, 15) is 13.9 Å². The average molecular weight is 281 g/mol. The summed E-state index contributed by atoms with van der Waals surface area (Å²) >= 11 is 3.04. The Kier molecular flexibility index (Phi) is 3.35. The second-order valence-corrected chi connectivity index (χ2v) is 4.48. The second kappa shape index (κ2) is 4.06. The van der Waals surface area contributed by atoms with Crippen molar-refractivity contribution in [3.05, 3.63) is 27.7 Å². The lowest BCUT2D eigenvalue weighted by Crippen LogP contribution is -2.18. The van der Waals surface area contributed by atoms with E-state index in [1.54, 1.807) is 0 Å². The zero-order valence-corrected chi connectivity index (χ0v) is 10.2. The predicted molar refractivity (Wildman–Crippen MR) is 55.9 cm³/mol. The molecule has 0 aliphatic rings. The van der Waals surface area contributed by atoms with Gasteiger partial charge in [0, 0.05) is 5.56 Å². The van der Waals surface area contributed by atoms with Crippen molar-refractivity contribution >= 4 is 15.9 Å². The molecule has 0 spiro atoms. The molecule has 1 rings (SSSR count). The van der Waals surface area contributed by atoms with Gasteiger partial charge in [-0.15, -0.1) is 0 Å². The van der Waals surface area contributed by atoms with Gasteiger partial charge in [-0.05, 0) is 35.8 Å². The Hall–Kier alpha value is -0.680. The zero-order chi connectivity index (χ0) is 11.8. The molecule has 15 heavy (non-hydrogen) atoms. The second-order valence-electron chi connectivity index (χ2n) is 3.63. The maximum Gasteiger partial charge on any atom is 0.202 e. The van der Waals surface area contributed by atoms with Crippen LogP contribution >= 0.6 is 15.9 Å². The number of rotatable bonds is 2. The van der Waals surface area contributed by atoms with Crippen LogP contribution in [-0.4, -0.2) is 12.2 Å². The average Bonchev–Trinajstić information content (AvgIpc) is 2.10. The number of hydrogen-bond acceptors (Lipinski definition) is 2. The molecule has 0 aliphatic heterocycles. The van der Waals surface area contributed by atoms with Crippen LogP contribution in [0.2, 0.25) is 0 Å². The van der Waals surface area contributed by atoms with Crippen molar-refractivity contribution in [1.29, 1.82) is 0 Å². The van der Waals surface area contributed by atoms with E-state index in [2.05, 4.69) is 20.7 Å². The van der Waals surface area contributed by atoms with E-state index >= 15 is 0 Å². The van der Waals surface area contributed by atoms with Gasteiger partial charge in [0.25, 0.3) is 0 Å². The normalized spacial score (nSPS) is 11.7. The van der Waals surface area contributed by atoms with Crippen LogP contribution in [0.15, 0.2) is 10.5 Å². The predicted octanol–water partition coefficient (Wildman–Crippen LogP) is 2.96. The number of hydrogen-bond donors (Lipinski definition) is 1. The first-order chi connectivity index (χ1) is 6.79. The van der Waals surface area contributed by atoms with Crippen LogP contribution in [0.3, 0.4) is 0 Å². The van der Waals surface area contributed by atoms with Crippen molar-refractivity contribution in [2.75, 3.05) is 7.11 Å². The van der Waals surface area contributed by atoms with Crippen LogP contribution in [0.1, 0.15) is 19.4 Å². The van der Waals surface area contributed by atoms with E-state index in [-0.39, 0.29) is 15.8 Å². The van der Waals surface area contributed by atoms with Gasteiger partial charge in [-0.2, -0.15) is 4.39 Å². The minimum atomic E-state index is -1.44. The van der Waals surface area contributed by atoms with E-state index in [4.69, 9.17) is 0 Å². The lowest BCUT2D eigenvalue weighted by molar-refractivity contribution is 0.0734. The fourth-order valence-electron chi connectivity index (χ4n) is 1.21. The van der Waals surface area contributed by atoms with Crippen molar-refractivity contribution in [2.45, 2.75) is 19.4 Å². The third-order valence-corrected chi connectivity index (χ3v) is 2.57. The van der Waals surface area contributed by atoms with E-state index in [1.807, 2.05) is 0 Å². The van der Waals surface area contributed by atoms with Crippen molar-refractivity contribution in [2.24, 2.45) is 0 Å². The smallest absolute Gasteiger partial charge is 0.202 e. The van der Waals surface area contributed by atoms with E-state index in [0.717, 1.165) is 0 Å². The Morgan fingerprint density at radius 1 is 1.33 bits per heavy atom. The molecule has 0 saturated heterocycles. The maximum absolute atomic E-state index is 13.5. The molecule has 1 N–H and O–H groups in total. The standard InChI is InChI=1S/C10H11BrF2O2/c1-10(2,14)5-4-6(11)9(15-3)8(13)7(5)12/h4,14H,1-3H3. The van der Waals surface area contributed by atoms with Crippen molar-refractivity contribution in [3.63, 3.8) is 0 Å². The van der Waals surface area contributed by atoms with Gasteiger partial charge in [0.05, 0.1) is 17.2 Å². The molecule has 5 heteroatoms. The molecular weight excluding hydrogens is 270 g/mol. The molecule has 1 aromatic carbocycles. The Bertz CT molecular complexity index is 386. The number of halogens is 3. The summed E-state index contributed by atoms with van der Waals surface area (Å²) in [6.45, 7) is 2.76. The number of aliphatic hydroxyl groups is 1. The summed E-state index contributed by atoms with van der Waals surface area (Å²) < 4.78 is 31.8. The SMILES string of the molecule is COc1c(Br)cc(C(C)(C)O)c(F)c1F. The van der Waals surface area contributed by atoms with Crippen molar-refractivity contribution in [1.82, 2.24) is 0 Å². The Morgan fingerprint density at radius 3 is 2.27 bits per heavy atom. The molecule has 0 unspecified atom stereocenters. The van der Waals surface area contributed by atoms with Gasteiger partial charge in [0.1, 0.15) is 0 Å². The van der Waals surface area contributed by atoms with E-state index < -0.39 is 17.2 Å². The van der Waals surface area contributed by atoms with Crippen LogP contribution in [0, 0.1) is 11.6 Å². The number of methoxy groups -OCH3 is 1. The van der Waals surface area contributed by atoms with Gasteiger partial charge in [0.2, 0.25) is 5.82 Å². The van der Waals surface area contributed by atoms with Crippen LogP contribution in [0.25, 0.3) is 0 Å². The van der Waals surface area contributed by atoms with Crippen molar-refractivity contribution in [3.8, 4) is 5.75 Å². The fraction of sp³-hybridized carbons (Fsp3) is 0.400. The maximum atomic E-state index is 13.5. The Morgan fingerprint density at radius 2 is 1.87 bits per heavy atom. The topological polar surface area (TPSA) is 29.5 Å². The molecule has 0 radical (unpaired) electrons. The minimum absolute atomic E-state index is 0.118. The van der Waals surface area contributed by atoms with Gasteiger partial charge in [0.15, 0.2) is 11.6 Å². The molecule has 84 valence electrons. The highest BCUT2D eigenvalue weighted by Gasteiger charge is 2.26. The lowest BCUT2D eigenvalue weighted by Gasteiger charge is -2.20. The summed E-state index contributed by atoms with van der Waals surface area (Å²) in [5, 5.41) is 9.61. The molecule has 0 atom stereocenters. The van der Waals surface area contributed by atoms with Gasteiger partial charge in [-0.3, -0.25) is 0 Å². The first-order valence-corrected chi connectivity index (χ1v) is 5.02. The largest absolute Gasteiger partial charge is 0.492 e. The molecule has 0 fully saturated rings. The van der Waals surface area contributed by atoms with Gasteiger partial charge in [-0.25, -0.2) is 4.39 Å². The van der Waals surface area contributed by atoms with Gasteiger partial charge < -0.3 is 9.84 Å². The van der Waals surface area contributed by atoms with Gasteiger partial charge >= 0.3 is 0 Å². The monoisotopic (exact) mass is 280 g/mol. The Labute approximate surface area is 95.0 Å². The Balaban J connectivity index is 3.48. The van der Waals surface area contributed by atoms with Crippen LogP contribution in [0.5, 0.6) is 5.75 Å². The number of ether oxygens (including phenoxy) is 1. The number of benzene rings is 1. The summed E-state index contributed by atoms with van der Waals surface area (Å²) in [5.41, 5.74) is -1.56. The molecule has 0 aliphatic carbocycles. The highest BCUT2D eigenvalue weighted by atomic mass is 79.9. The molecule has 0 amide bonds. The van der Waals surface area contributed by atoms with Crippen LogP contribution < -0.4 is 4.74 Å². The summed E-state index contributed by atoms with van der Waals surface area (Å²) in [6, 6.07) is 1.30. The highest BCUT2D eigenvalue weighted by molar-refractivity contribution is 9.10. The molecular formula is C10H11BrF2O2. The van der Waals surface area contributed by atoms with Crippen molar-refractivity contribution < 1.29 is 18.6 Å². The summed E-state index contributed by atoms with van der Waals surface area (Å²) in [7, 11) is 1.24. The summed E-state index contributed by atoms with van der Waals surface area (Å²) in [6.07, 6.45) is 0. The zero-order valence-electron chi connectivity index (χ0n) is 8.57. The molecule has 1 aromatic rings. The highest BCUT2D eigenvalue weighted by Crippen LogP contribution is 2.35. The van der Waals surface area contributed by atoms with Crippen LogP contribution in [-0.2, 0) is 5.60 Å². The first-order valence-electron chi connectivity index (χ1n) is 4.23. The minimum Gasteiger partial charge on any atom is -0.492 e. The third kappa shape index (κ3) is 2.29. The fourth-order valence-corrected chi connectivity index (χ4v) is 1.78. The lowest BCUT2D eigenvalue weighted by atomic mass is 9.97. The molecule has 0 saturated carbocycles. The van der Waals surface area contributed by atoms with E-state index in [1.165, 1.54) is 27.0 Å². The van der Waals surface area contributed by atoms with Crippen LogP contribution in [0.4, 0.5) is 8.78 Å². The molecule has 0 heterocycles.